The molecule has 0 N–H and O–H groups in total. The summed E-state index contributed by atoms with van der Waals surface area (Å²) in [6, 6.07) is 0. The molecule has 0 aromatic heterocycles. The van der Waals surface area contributed by atoms with Gasteiger partial charge in [-0.05, 0) is 51.0 Å². The van der Waals surface area contributed by atoms with Crippen LogP contribution < -0.4 is 4.89 Å². The average molecular weight is 856 g/mol. The number of nitrogens with zero attached hydrogens (tertiary/aromatic N) is 1. The Labute approximate surface area is 366 Å². The Morgan fingerprint density at radius 1 is 0.525 bits per heavy atom. The maximum Gasteiger partial charge on any atom is 0.306 e. The molecule has 0 aliphatic rings. The van der Waals surface area contributed by atoms with Crippen LogP contribution >= 0.6 is 7.82 Å². The van der Waals surface area contributed by atoms with Crippen molar-refractivity contribution < 1.29 is 37.3 Å². The number of allylic oxidation sites excluding steroid dienone is 3. The summed E-state index contributed by atoms with van der Waals surface area (Å²) in [5.74, 6) is -0.354. The van der Waals surface area contributed by atoms with E-state index < -0.39 is 13.9 Å². The molecule has 0 heterocycles. The molecule has 0 aromatic rings. The lowest BCUT2D eigenvalue weighted by atomic mass is 10.0. The van der Waals surface area contributed by atoms with Gasteiger partial charge < -0.3 is 27.9 Å². The molecule has 350 valence electrons. The van der Waals surface area contributed by atoms with E-state index in [9.17, 15) is 14.3 Å². The molecule has 2 atom stereocenters. The Morgan fingerprint density at radius 2 is 0.898 bits per heavy atom. The number of ether oxygens (including phenoxy) is 2. The van der Waals surface area contributed by atoms with Crippen LogP contribution in [0.1, 0.15) is 239 Å². The van der Waals surface area contributed by atoms with Crippen molar-refractivity contribution >= 4 is 13.8 Å². The van der Waals surface area contributed by atoms with Gasteiger partial charge in [-0.3, -0.25) is 9.36 Å². The number of phosphoric ester groups is 1. The Kier molecular flexibility index (Phi) is 42.6. The van der Waals surface area contributed by atoms with Crippen LogP contribution in [0.25, 0.3) is 0 Å². The Bertz CT molecular complexity index is 998. The second kappa shape index (κ2) is 43.5. The third-order valence-corrected chi connectivity index (χ3v) is 12.0. The number of unbranched alkanes of at least 4 members (excludes halogenated alkanes) is 31. The number of hydrogen-bond acceptors (Lipinski definition) is 7. The topological polar surface area (TPSA) is 94.1 Å². The van der Waals surface area contributed by atoms with Gasteiger partial charge in [0.05, 0.1) is 34.0 Å². The van der Waals surface area contributed by atoms with Gasteiger partial charge in [0, 0.05) is 6.42 Å². The summed E-state index contributed by atoms with van der Waals surface area (Å²) in [4.78, 5) is 25.1. The molecule has 0 rings (SSSR count). The number of phosphoric acid groups is 1. The number of rotatable bonds is 47. The summed E-state index contributed by atoms with van der Waals surface area (Å²) in [5, 5.41) is 0. The fourth-order valence-corrected chi connectivity index (χ4v) is 7.88. The highest BCUT2D eigenvalue weighted by molar-refractivity contribution is 7.45. The van der Waals surface area contributed by atoms with Gasteiger partial charge in [0.25, 0.3) is 7.82 Å². The van der Waals surface area contributed by atoms with Crippen LogP contribution in [0.3, 0.4) is 0 Å². The first kappa shape index (κ1) is 57.8. The normalized spacial score (nSPS) is 13.7. The van der Waals surface area contributed by atoms with Crippen molar-refractivity contribution in [2.45, 2.75) is 245 Å². The van der Waals surface area contributed by atoms with Crippen molar-refractivity contribution in [2.75, 3.05) is 47.5 Å². The van der Waals surface area contributed by atoms with E-state index in [1.807, 2.05) is 27.2 Å². The van der Waals surface area contributed by atoms with Gasteiger partial charge in [-0.25, -0.2) is 0 Å². The molecular weight excluding hydrogens is 758 g/mol. The lowest BCUT2D eigenvalue weighted by Crippen LogP contribution is -2.37. The molecule has 0 aromatic carbocycles. The molecule has 59 heavy (non-hydrogen) atoms. The molecule has 0 amide bonds. The summed E-state index contributed by atoms with van der Waals surface area (Å²) in [5.41, 5.74) is 0. The second-order valence-electron chi connectivity index (χ2n) is 18.2. The van der Waals surface area contributed by atoms with Crippen molar-refractivity contribution in [2.24, 2.45) is 0 Å². The first-order valence-electron chi connectivity index (χ1n) is 25.1. The van der Waals surface area contributed by atoms with E-state index in [1.54, 1.807) is 6.26 Å². The van der Waals surface area contributed by atoms with Crippen molar-refractivity contribution in [3.8, 4) is 0 Å². The van der Waals surface area contributed by atoms with E-state index in [0.717, 1.165) is 38.5 Å². The first-order chi connectivity index (χ1) is 28.6. The van der Waals surface area contributed by atoms with Crippen LogP contribution in [0.15, 0.2) is 24.5 Å². The SMILES string of the molecule is CCCCCCCC/C=C\CCCCCC/C=C\OC[C@H](COP(=O)([O-])OCC[N+](C)(C)C)OC(=O)CCCCCCCCCCCCCCCCCCCCCCC. The Balaban J connectivity index is 4.16. The van der Waals surface area contributed by atoms with Crippen LogP contribution in [-0.2, 0) is 27.9 Å². The molecule has 0 aliphatic carbocycles. The second-order valence-corrected chi connectivity index (χ2v) is 19.7. The zero-order chi connectivity index (χ0) is 43.4. The molecule has 8 nitrogen and oxygen atoms in total. The van der Waals surface area contributed by atoms with Gasteiger partial charge in [0.15, 0.2) is 6.10 Å². The van der Waals surface area contributed by atoms with E-state index in [1.165, 1.54) is 180 Å². The number of hydrogen-bond donors (Lipinski definition) is 0. The summed E-state index contributed by atoms with van der Waals surface area (Å²) in [6.07, 6.45) is 51.5. The van der Waals surface area contributed by atoms with Gasteiger partial charge in [-0.2, -0.15) is 0 Å². The molecule has 1 unspecified atom stereocenters. The summed E-state index contributed by atoms with van der Waals surface area (Å²) < 4.78 is 34.4. The fraction of sp³-hybridized carbons (Fsp3) is 0.900. The van der Waals surface area contributed by atoms with E-state index >= 15 is 0 Å². The van der Waals surface area contributed by atoms with Crippen molar-refractivity contribution in [3.05, 3.63) is 24.5 Å². The third kappa shape index (κ3) is 47.7. The minimum absolute atomic E-state index is 0.0173. The lowest BCUT2D eigenvalue weighted by Gasteiger charge is -2.28. The Hall–Kier alpha value is -1.18. The molecule has 0 bridgehead atoms. The molecule has 0 radical (unpaired) electrons. The average Bonchev–Trinajstić information content (AvgIpc) is 3.19. The van der Waals surface area contributed by atoms with Crippen molar-refractivity contribution in [1.82, 2.24) is 0 Å². The predicted molar refractivity (Wildman–Crippen MR) is 249 cm³/mol. The van der Waals surface area contributed by atoms with Gasteiger partial charge in [-0.1, -0.05) is 199 Å². The summed E-state index contributed by atoms with van der Waals surface area (Å²) >= 11 is 0. The van der Waals surface area contributed by atoms with E-state index in [4.69, 9.17) is 18.5 Å². The molecule has 0 saturated carbocycles. The fourth-order valence-electron chi connectivity index (χ4n) is 7.16. The van der Waals surface area contributed by atoms with Gasteiger partial charge in [0.1, 0.15) is 19.8 Å². The van der Waals surface area contributed by atoms with Crippen LogP contribution in [-0.4, -0.2) is 64.1 Å². The van der Waals surface area contributed by atoms with Crippen LogP contribution in [0.4, 0.5) is 0 Å². The number of likely N-dealkylation sites (N-methyl/N-ethyl adjacent to an activating group) is 1. The van der Waals surface area contributed by atoms with Crippen LogP contribution in [0, 0.1) is 0 Å². The number of quaternary nitrogens is 1. The van der Waals surface area contributed by atoms with Crippen molar-refractivity contribution in [3.63, 3.8) is 0 Å². The zero-order valence-electron chi connectivity index (χ0n) is 39.7. The highest BCUT2D eigenvalue weighted by Crippen LogP contribution is 2.38. The van der Waals surface area contributed by atoms with Gasteiger partial charge in [0.2, 0.25) is 0 Å². The van der Waals surface area contributed by atoms with E-state index in [2.05, 4.69) is 26.0 Å². The molecule has 0 fully saturated rings. The number of carbonyl (C=O) groups excluding carboxylic acids is 1. The molecular formula is C50H98NO7P. The summed E-state index contributed by atoms with van der Waals surface area (Å²) in [6.45, 7) is 4.76. The minimum atomic E-state index is -4.54. The molecule has 0 saturated heterocycles. The third-order valence-electron chi connectivity index (χ3n) is 11.1. The van der Waals surface area contributed by atoms with E-state index in [0.29, 0.717) is 17.4 Å². The highest BCUT2D eigenvalue weighted by Gasteiger charge is 2.20. The maximum atomic E-state index is 12.7. The van der Waals surface area contributed by atoms with Gasteiger partial charge in [-0.15, -0.1) is 0 Å². The van der Waals surface area contributed by atoms with Crippen molar-refractivity contribution in [1.29, 1.82) is 0 Å². The lowest BCUT2D eigenvalue weighted by molar-refractivity contribution is -0.870. The van der Waals surface area contributed by atoms with E-state index in [-0.39, 0.29) is 25.8 Å². The smallest absolute Gasteiger partial charge is 0.306 e. The highest BCUT2D eigenvalue weighted by atomic mass is 31.2. The Morgan fingerprint density at radius 3 is 1.31 bits per heavy atom. The summed E-state index contributed by atoms with van der Waals surface area (Å²) in [7, 11) is 1.33. The zero-order valence-corrected chi connectivity index (χ0v) is 40.6. The monoisotopic (exact) mass is 856 g/mol. The number of carbonyl (C=O) groups is 1. The standard InChI is InChI=1S/C50H98NO7P/c1-6-8-10-12-14-16-18-20-22-24-25-26-27-28-29-31-33-35-37-39-41-43-50(52)58-49(48-57-59(53,54)56-46-44-51(3,4)5)47-55-45-42-40-38-36-34-32-30-23-21-19-17-15-13-11-9-7-2/h21,23,42,45,49H,6-20,22,24-41,43-44,46-48H2,1-5H3/b23-21-,45-42-/t49-/m1/s1. The quantitative estimate of drug-likeness (QED) is 0.0150. The molecule has 0 spiro atoms. The molecule has 9 heteroatoms. The van der Waals surface area contributed by atoms with Gasteiger partial charge >= 0.3 is 5.97 Å². The first-order valence-corrected chi connectivity index (χ1v) is 26.6. The largest absolute Gasteiger partial charge is 0.756 e. The van der Waals surface area contributed by atoms with Crippen LogP contribution in [0.5, 0.6) is 0 Å². The maximum absolute atomic E-state index is 12.7. The van der Waals surface area contributed by atoms with Crippen LogP contribution in [0.2, 0.25) is 0 Å². The predicted octanol–water partition coefficient (Wildman–Crippen LogP) is 14.9. The molecule has 0 aliphatic heterocycles. The number of esters is 1. The minimum Gasteiger partial charge on any atom is -0.756 e.